The van der Waals surface area contributed by atoms with Crippen molar-refractivity contribution in [3.05, 3.63) is 51.3 Å². The maximum absolute atomic E-state index is 12.3. The standard InChI is InChI=1S/C14H11ClN2OS/c1-2-17-13(18)10-8-9(12-4-3-7-19-12)5-6-11(10)16-14(17)15/h3-8H,2H2,1H3. The molecule has 3 aromatic rings. The molecule has 0 atom stereocenters. The highest BCUT2D eigenvalue weighted by Gasteiger charge is 2.09. The lowest BCUT2D eigenvalue weighted by Crippen LogP contribution is -2.21. The van der Waals surface area contributed by atoms with E-state index in [0.717, 1.165) is 10.4 Å². The molecule has 1 aromatic carbocycles. The SMILES string of the molecule is CCn1c(Cl)nc2ccc(-c3cccs3)cc2c1=O. The van der Waals surface area contributed by atoms with Gasteiger partial charge in [-0.25, -0.2) is 4.98 Å². The number of hydrogen-bond acceptors (Lipinski definition) is 3. The molecule has 3 rings (SSSR count). The lowest BCUT2D eigenvalue weighted by atomic mass is 10.1. The average molecular weight is 291 g/mol. The molecule has 0 aliphatic rings. The topological polar surface area (TPSA) is 34.9 Å². The number of halogens is 1. The van der Waals surface area contributed by atoms with Crippen molar-refractivity contribution in [2.24, 2.45) is 0 Å². The van der Waals surface area contributed by atoms with Gasteiger partial charge in [0.1, 0.15) is 0 Å². The minimum Gasteiger partial charge on any atom is -0.283 e. The molecule has 0 radical (unpaired) electrons. The van der Waals surface area contributed by atoms with Crippen LogP contribution in [0.25, 0.3) is 21.3 Å². The minimum atomic E-state index is -0.0871. The van der Waals surface area contributed by atoms with Crippen LogP contribution in [0.4, 0.5) is 0 Å². The lowest BCUT2D eigenvalue weighted by molar-refractivity contribution is 0.719. The number of thiophene rings is 1. The Bertz CT molecular complexity index is 793. The molecule has 0 bridgehead atoms. The van der Waals surface area contributed by atoms with Crippen molar-refractivity contribution in [2.45, 2.75) is 13.5 Å². The highest BCUT2D eigenvalue weighted by molar-refractivity contribution is 7.13. The van der Waals surface area contributed by atoms with Crippen molar-refractivity contribution < 1.29 is 0 Å². The van der Waals surface area contributed by atoms with Gasteiger partial charge in [-0.15, -0.1) is 11.3 Å². The predicted octanol–water partition coefficient (Wildman–Crippen LogP) is 3.80. The first-order chi connectivity index (χ1) is 9.20. The van der Waals surface area contributed by atoms with Crippen LogP contribution in [0, 0.1) is 0 Å². The first kappa shape index (κ1) is 12.4. The fourth-order valence-corrected chi connectivity index (χ4v) is 3.08. The monoisotopic (exact) mass is 290 g/mol. The largest absolute Gasteiger partial charge is 0.283 e. The van der Waals surface area contributed by atoms with Gasteiger partial charge in [0.25, 0.3) is 5.56 Å². The Morgan fingerprint density at radius 1 is 1.37 bits per heavy atom. The molecule has 96 valence electrons. The van der Waals surface area contributed by atoms with Crippen LogP contribution in [0.3, 0.4) is 0 Å². The molecule has 0 unspecified atom stereocenters. The van der Waals surface area contributed by atoms with Crippen molar-refractivity contribution in [2.75, 3.05) is 0 Å². The van der Waals surface area contributed by atoms with Crippen LogP contribution in [0.2, 0.25) is 5.28 Å². The maximum atomic E-state index is 12.3. The summed E-state index contributed by atoms with van der Waals surface area (Å²) in [5.74, 6) is 0. The van der Waals surface area contributed by atoms with E-state index in [9.17, 15) is 4.79 Å². The van der Waals surface area contributed by atoms with E-state index in [-0.39, 0.29) is 10.8 Å². The minimum absolute atomic E-state index is 0.0871. The zero-order valence-electron chi connectivity index (χ0n) is 10.3. The van der Waals surface area contributed by atoms with Crippen molar-refractivity contribution in [1.29, 1.82) is 0 Å². The van der Waals surface area contributed by atoms with Crippen LogP contribution in [0.1, 0.15) is 6.92 Å². The molecule has 0 aliphatic carbocycles. The maximum Gasteiger partial charge on any atom is 0.262 e. The van der Waals surface area contributed by atoms with Crippen molar-refractivity contribution in [3.63, 3.8) is 0 Å². The van der Waals surface area contributed by atoms with Crippen LogP contribution >= 0.6 is 22.9 Å². The van der Waals surface area contributed by atoms with E-state index in [1.165, 1.54) is 4.57 Å². The molecule has 2 aromatic heterocycles. The first-order valence-electron chi connectivity index (χ1n) is 5.94. The van der Waals surface area contributed by atoms with Gasteiger partial charge in [0, 0.05) is 11.4 Å². The van der Waals surface area contributed by atoms with Crippen LogP contribution < -0.4 is 5.56 Å². The molecule has 0 aliphatic heterocycles. The number of rotatable bonds is 2. The van der Waals surface area contributed by atoms with E-state index >= 15 is 0 Å². The number of nitrogens with zero attached hydrogens (tertiary/aromatic N) is 2. The zero-order chi connectivity index (χ0) is 13.4. The van der Waals surface area contributed by atoms with E-state index in [4.69, 9.17) is 11.6 Å². The fraction of sp³-hybridized carbons (Fsp3) is 0.143. The normalized spacial score (nSPS) is 11.1. The third kappa shape index (κ3) is 2.07. The van der Waals surface area contributed by atoms with Crippen molar-refractivity contribution in [3.8, 4) is 10.4 Å². The molecule has 3 nitrogen and oxygen atoms in total. The second-order valence-corrected chi connectivity index (χ2v) is 5.43. The van der Waals surface area contributed by atoms with Crippen LogP contribution in [-0.4, -0.2) is 9.55 Å². The quantitative estimate of drug-likeness (QED) is 0.673. The number of fused-ring (bicyclic) bond motifs is 1. The molecule has 0 fully saturated rings. The van der Waals surface area contributed by atoms with Gasteiger partial charge in [-0.1, -0.05) is 12.1 Å². The number of hydrogen-bond donors (Lipinski definition) is 0. The summed E-state index contributed by atoms with van der Waals surface area (Å²) in [5, 5.41) is 2.87. The predicted molar refractivity (Wildman–Crippen MR) is 80.0 cm³/mol. The van der Waals surface area contributed by atoms with Crippen LogP contribution in [0.15, 0.2) is 40.5 Å². The van der Waals surface area contributed by atoms with Crippen LogP contribution in [-0.2, 0) is 6.54 Å². The van der Waals surface area contributed by atoms with Gasteiger partial charge in [-0.05, 0) is 47.7 Å². The third-order valence-electron chi connectivity index (χ3n) is 3.03. The Labute approximate surface area is 119 Å². The summed E-state index contributed by atoms with van der Waals surface area (Å²) in [6.45, 7) is 2.40. The van der Waals surface area contributed by atoms with Gasteiger partial charge in [0.05, 0.1) is 10.9 Å². The summed E-state index contributed by atoms with van der Waals surface area (Å²) >= 11 is 7.65. The summed E-state index contributed by atoms with van der Waals surface area (Å²) < 4.78 is 1.47. The number of benzene rings is 1. The highest BCUT2D eigenvalue weighted by atomic mass is 35.5. The Hall–Kier alpha value is -1.65. The Morgan fingerprint density at radius 3 is 2.89 bits per heavy atom. The molecule has 0 spiro atoms. The summed E-state index contributed by atoms with van der Waals surface area (Å²) in [5.41, 5.74) is 1.59. The second-order valence-electron chi connectivity index (χ2n) is 4.14. The summed E-state index contributed by atoms with van der Waals surface area (Å²) in [7, 11) is 0. The summed E-state index contributed by atoms with van der Waals surface area (Å²) in [6.07, 6.45) is 0. The van der Waals surface area contributed by atoms with E-state index < -0.39 is 0 Å². The second kappa shape index (κ2) is 4.79. The average Bonchev–Trinajstić information content (AvgIpc) is 2.93. The molecule has 0 saturated heterocycles. The fourth-order valence-electron chi connectivity index (χ4n) is 2.06. The third-order valence-corrected chi connectivity index (χ3v) is 4.24. The van der Waals surface area contributed by atoms with E-state index in [2.05, 4.69) is 4.98 Å². The van der Waals surface area contributed by atoms with Gasteiger partial charge >= 0.3 is 0 Å². The molecule has 0 N–H and O–H groups in total. The highest BCUT2D eigenvalue weighted by Crippen LogP contribution is 2.26. The molecule has 0 amide bonds. The van der Waals surface area contributed by atoms with Crippen molar-refractivity contribution >= 4 is 33.8 Å². The van der Waals surface area contributed by atoms with Gasteiger partial charge < -0.3 is 0 Å². The van der Waals surface area contributed by atoms with E-state index in [1.807, 2.05) is 42.6 Å². The molecule has 19 heavy (non-hydrogen) atoms. The Kier molecular flexibility index (Phi) is 3.12. The Morgan fingerprint density at radius 2 is 2.21 bits per heavy atom. The van der Waals surface area contributed by atoms with Crippen LogP contribution in [0.5, 0.6) is 0 Å². The molecule has 2 heterocycles. The first-order valence-corrected chi connectivity index (χ1v) is 7.20. The lowest BCUT2D eigenvalue weighted by Gasteiger charge is -2.07. The molecular weight excluding hydrogens is 280 g/mol. The summed E-state index contributed by atoms with van der Waals surface area (Å²) in [6, 6.07) is 9.73. The van der Waals surface area contributed by atoms with Gasteiger partial charge in [-0.3, -0.25) is 9.36 Å². The Balaban J connectivity index is 2.31. The number of aromatic nitrogens is 2. The van der Waals surface area contributed by atoms with Gasteiger partial charge in [0.15, 0.2) is 0 Å². The van der Waals surface area contributed by atoms with Crippen molar-refractivity contribution in [1.82, 2.24) is 9.55 Å². The van der Waals surface area contributed by atoms with E-state index in [1.54, 1.807) is 11.3 Å². The molecule has 0 saturated carbocycles. The smallest absolute Gasteiger partial charge is 0.262 e. The zero-order valence-corrected chi connectivity index (χ0v) is 11.8. The van der Waals surface area contributed by atoms with Gasteiger partial charge in [-0.2, -0.15) is 0 Å². The molecule has 5 heteroatoms. The van der Waals surface area contributed by atoms with E-state index in [0.29, 0.717) is 17.4 Å². The van der Waals surface area contributed by atoms with Gasteiger partial charge in [0.2, 0.25) is 5.28 Å². The molecular formula is C14H11ClN2OS. The summed E-state index contributed by atoms with van der Waals surface area (Å²) in [4.78, 5) is 17.7.